The maximum atomic E-state index is 13.5. The van der Waals surface area contributed by atoms with E-state index in [0.717, 1.165) is 6.07 Å². The van der Waals surface area contributed by atoms with Gasteiger partial charge in [-0.25, -0.2) is 4.39 Å². The Morgan fingerprint density at radius 1 is 1.29 bits per heavy atom. The highest BCUT2D eigenvalue weighted by Crippen LogP contribution is 2.24. The van der Waals surface area contributed by atoms with Gasteiger partial charge in [0.05, 0.1) is 10.6 Å². The molecule has 1 amide bonds. The molecule has 3 N–H and O–H groups in total. The van der Waals surface area contributed by atoms with E-state index in [4.69, 9.17) is 5.73 Å². The van der Waals surface area contributed by atoms with Crippen LogP contribution in [0, 0.1) is 15.9 Å². The van der Waals surface area contributed by atoms with E-state index >= 15 is 0 Å². The summed E-state index contributed by atoms with van der Waals surface area (Å²) in [5.41, 5.74) is 5.16. The zero-order chi connectivity index (χ0) is 15.6. The Hall–Kier alpha value is -2.48. The third-order valence-electron chi connectivity index (χ3n) is 2.66. The molecule has 0 aliphatic heterocycles. The Labute approximate surface area is 127 Å². The summed E-state index contributed by atoms with van der Waals surface area (Å²) in [6.07, 6.45) is 0. The molecule has 2 aromatic carbocycles. The lowest BCUT2D eigenvalue weighted by Gasteiger charge is -2.07. The number of carbonyl (C=O) groups is 1. The summed E-state index contributed by atoms with van der Waals surface area (Å²) in [5.74, 6) is -1.21. The maximum absolute atomic E-state index is 13.5. The van der Waals surface area contributed by atoms with E-state index in [-0.39, 0.29) is 22.6 Å². The standard InChI is InChI=1S/C13H9BrFN3O3/c14-8-2-3-9(15)11(6-8)17-13(19)7-1-4-12(18(20)21)10(16)5-7/h1-6H,16H2,(H,17,19). The van der Waals surface area contributed by atoms with Crippen molar-refractivity contribution in [1.29, 1.82) is 0 Å². The number of hydrogen-bond donors (Lipinski definition) is 2. The number of hydrogen-bond acceptors (Lipinski definition) is 4. The normalized spacial score (nSPS) is 10.2. The second-order valence-corrected chi connectivity index (χ2v) is 5.02. The molecule has 0 saturated heterocycles. The third-order valence-corrected chi connectivity index (χ3v) is 3.16. The van der Waals surface area contributed by atoms with Gasteiger partial charge in [0.1, 0.15) is 11.5 Å². The zero-order valence-electron chi connectivity index (χ0n) is 10.5. The fourth-order valence-electron chi connectivity index (χ4n) is 1.65. The van der Waals surface area contributed by atoms with Gasteiger partial charge in [0, 0.05) is 16.1 Å². The average Bonchev–Trinajstić information content (AvgIpc) is 2.42. The number of nitro groups is 1. The van der Waals surface area contributed by atoms with Crippen molar-refractivity contribution in [2.75, 3.05) is 11.1 Å². The number of nitro benzene ring substituents is 1. The van der Waals surface area contributed by atoms with E-state index in [2.05, 4.69) is 21.2 Å². The van der Waals surface area contributed by atoms with Gasteiger partial charge in [-0.2, -0.15) is 0 Å². The van der Waals surface area contributed by atoms with Gasteiger partial charge in [-0.05, 0) is 30.3 Å². The molecule has 2 aromatic rings. The van der Waals surface area contributed by atoms with Crippen LogP contribution in [0.25, 0.3) is 0 Å². The number of benzene rings is 2. The number of anilines is 2. The molecule has 0 radical (unpaired) electrons. The first-order valence-corrected chi connectivity index (χ1v) is 6.48. The van der Waals surface area contributed by atoms with Crippen molar-refractivity contribution in [1.82, 2.24) is 0 Å². The summed E-state index contributed by atoms with van der Waals surface area (Å²) >= 11 is 3.17. The molecule has 8 heteroatoms. The van der Waals surface area contributed by atoms with Crippen molar-refractivity contribution in [2.45, 2.75) is 0 Å². The van der Waals surface area contributed by atoms with E-state index in [1.165, 1.54) is 30.3 Å². The molecule has 0 bridgehead atoms. The SMILES string of the molecule is Nc1cc(C(=O)Nc2cc(Br)ccc2F)ccc1[N+](=O)[O-]. The van der Waals surface area contributed by atoms with E-state index < -0.39 is 16.6 Å². The van der Waals surface area contributed by atoms with Crippen LogP contribution in [0.2, 0.25) is 0 Å². The summed E-state index contributed by atoms with van der Waals surface area (Å²) in [5, 5.41) is 13.0. The van der Waals surface area contributed by atoms with Crippen LogP contribution in [-0.2, 0) is 0 Å². The summed E-state index contributed by atoms with van der Waals surface area (Å²) < 4.78 is 14.1. The van der Waals surface area contributed by atoms with Gasteiger partial charge < -0.3 is 11.1 Å². The molecule has 0 heterocycles. The van der Waals surface area contributed by atoms with Gasteiger partial charge in [-0.15, -0.1) is 0 Å². The Morgan fingerprint density at radius 2 is 2.00 bits per heavy atom. The van der Waals surface area contributed by atoms with Crippen LogP contribution in [0.1, 0.15) is 10.4 Å². The van der Waals surface area contributed by atoms with Gasteiger partial charge in [0.25, 0.3) is 11.6 Å². The van der Waals surface area contributed by atoms with E-state index in [1.54, 1.807) is 0 Å². The van der Waals surface area contributed by atoms with Crippen LogP contribution in [0.5, 0.6) is 0 Å². The van der Waals surface area contributed by atoms with Crippen LogP contribution in [0.3, 0.4) is 0 Å². The van der Waals surface area contributed by atoms with E-state index in [0.29, 0.717) is 4.47 Å². The Morgan fingerprint density at radius 3 is 2.62 bits per heavy atom. The molecule has 0 unspecified atom stereocenters. The van der Waals surface area contributed by atoms with Crippen molar-refractivity contribution < 1.29 is 14.1 Å². The quantitative estimate of drug-likeness (QED) is 0.502. The highest BCUT2D eigenvalue weighted by Gasteiger charge is 2.15. The Bertz CT molecular complexity index is 737. The lowest BCUT2D eigenvalue weighted by Crippen LogP contribution is -2.13. The molecule has 2 rings (SSSR count). The zero-order valence-corrected chi connectivity index (χ0v) is 12.1. The highest BCUT2D eigenvalue weighted by atomic mass is 79.9. The second kappa shape index (κ2) is 5.88. The van der Waals surface area contributed by atoms with Crippen LogP contribution in [0.15, 0.2) is 40.9 Å². The Balaban J connectivity index is 2.26. The molecule has 21 heavy (non-hydrogen) atoms. The number of nitrogens with two attached hydrogens (primary N) is 1. The molecular formula is C13H9BrFN3O3. The fourth-order valence-corrected chi connectivity index (χ4v) is 2.01. The van der Waals surface area contributed by atoms with Crippen LogP contribution in [0.4, 0.5) is 21.5 Å². The molecule has 6 nitrogen and oxygen atoms in total. The lowest BCUT2D eigenvalue weighted by atomic mass is 10.1. The molecule has 0 saturated carbocycles. The molecule has 0 fully saturated rings. The first-order valence-electron chi connectivity index (χ1n) is 5.69. The second-order valence-electron chi connectivity index (χ2n) is 4.11. The number of rotatable bonds is 3. The van der Waals surface area contributed by atoms with Crippen molar-refractivity contribution in [2.24, 2.45) is 0 Å². The van der Waals surface area contributed by atoms with E-state index in [1.807, 2.05) is 0 Å². The minimum Gasteiger partial charge on any atom is -0.393 e. The van der Waals surface area contributed by atoms with Gasteiger partial charge in [0.15, 0.2) is 0 Å². The number of amides is 1. The van der Waals surface area contributed by atoms with Gasteiger partial charge >= 0.3 is 0 Å². The van der Waals surface area contributed by atoms with Crippen LogP contribution < -0.4 is 11.1 Å². The molecule has 0 aromatic heterocycles. The first-order chi connectivity index (χ1) is 9.88. The minimum atomic E-state index is -0.648. The minimum absolute atomic E-state index is 0.00806. The van der Waals surface area contributed by atoms with Crippen molar-refractivity contribution in [3.05, 3.63) is 62.4 Å². The smallest absolute Gasteiger partial charge is 0.292 e. The summed E-state index contributed by atoms with van der Waals surface area (Å²) in [7, 11) is 0. The monoisotopic (exact) mass is 353 g/mol. The molecule has 0 aliphatic carbocycles. The molecule has 0 spiro atoms. The van der Waals surface area contributed by atoms with Crippen LogP contribution in [-0.4, -0.2) is 10.8 Å². The Kier molecular flexibility index (Phi) is 4.18. The topological polar surface area (TPSA) is 98.3 Å². The first kappa shape index (κ1) is 14.9. The molecule has 108 valence electrons. The maximum Gasteiger partial charge on any atom is 0.292 e. The summed E-state index contributed by atoms with van der Waals surface area (Å²) in [6.45, 7) is 0. The highest BCUT2D eigenvalue weighted by molar-refractivity contribution is 9.10. The number of halogens is 2. The predicted molar refractivity (Wildman–Crippen MR) is 79.6 cm³/mol. The van der Waals surface area contributed by atoms with Crippen molar-refractivity contribution in [3.63, 3.8) is 0 Å². The molecule has 0 atom stereocenters. The van der Waals surface area contributed by atoms with Gasteiger partial charge in [0.2, 0.25) is 0 Å². The largest absolute Gasteiger partial charge is 0.393 e. The fraction of sp³-hybridized carbons (Fsp3) is 0. The van der Waals surface area contributed by atoms with E-state index in [9.17, 15) is 19.3 Å². The number of nitrogens with one attached hydrogen (secondary N) is 1. The van der Waals surface area contributed by atoms with Crippen LogP contribution >= 0.6 is 15.9 Å². The summed E-state index contributed by atoms with van der Waals surface area (Å²) in [4.78, 5) is 22.0. The molecular weight excluding hydrogens is 345 g/mol. The predicted octanol–water partition coefficient (Wildman–Crippen LogP) is 3.33. The third kappa shape index (κ3) is 3.34. The summed E-state index contributed by atoms with van der Waals surface area (Å²) in [6, 6.07) is 7.64. The van der Waals surface area contributed by atoms with Crippen molar-refractivity contribution in [3.8, 4) is 0 Å². The number of nitrogen functional groups attached to an aromatic ring is 1. The number of nitrogens with zero attached hydrogens (tertiary/aromatic N) is 1. The lowest BCUT2D eigenvalue weighted by molar-refractivity contribution is -0.383. The average molecular weight is 354 g/mol. The van der Waals surface area contributed by atoms with Gasteiger partial charge in [-0.3, -0.25) is 14.9 Å². The van der Waals surface area contributed by atoms with Gasteiger partial charge in [-0.1, -0.05) is 15.9 Å². The van der Waals surface area contributed by atoms with Crippen molar-refractivity contribution >= 4 is 38.9 Å². The number of carbonyl (C=O) groups excluding carboxylic acids is 1. The molecule has 0 aliphatic rings.